The summed E-state index contributed by atoms with van der Waals surface area (Å²) in [6, 6.07) is 4.07. The van der Waals surface area contributed by atoms with Crippen molar-refractivity contribution in [1.29, 1.82) is 0 Å². The number of aliphatic imine (C=N–C) groups is 1. The van der Waals surface area contributed by atoms with Gasteiger partial charge in [-0.2, -0.15) is 0 Å². The first-order chi connectivity index (χ1) is 8.86. The minimum Gasteiger partial charge on any atom is -0.361 e. The molecule has 1 atom stereocenters. The van der Waals surface area contributed by atoms with Crippen LogP contribution in [0.3, 0.4) is 0 Å². The average molecular weight is 242 g/mol. The number of hydrogen-bond acceptors (Lipinski definition) is 4. The van der Waals surface area contributed by atoms with E-state index < -0.39 is 0 Å². The van der Waals surface area contributed by atoms with Crippen LogP contribution in [0, 0.1) is 5.92 Å². The van der Waals surface area contributed by atoms with Crippen molar-refractivity contribution in [2.24, 2.45) is 10.9 Å². The largest absolute Gasteiger partial charge is 0.361 e. The molecule has 5 rings (SSSR count). The van der Waals surface area contributed by atoms with Gasteiger partial charge in [0.15, 0.2) is 0 Å². The maximum atomic E-state index is 4.75. The van der Waals surface area contributed by atoms with Gasteiger partial charge in [0, 0.05) is 24.5 Å². The number of piperidine rings is 3. The van der Waals surface area contributed by atoms with E-state index in [2.05, 4.69) is 15.2 Å². The second kappa shape index (κ2) is 3.79. The van der Waals surface area contributed by atoms with Gasteiger partial charge in [-0.15, -0.1) is 0 Å². The lowest BCUT2D eigenvalue weighted by atomic mass is 9.73. The number of nitrogens with zero attached hydrogens (tertiary/aromatic N) is 3. The third-order valence-corrected chi connectivity index (χ3v) is 4.72. The van der Waals surface area contributed by atoms with Gasteiger partial charge >= 0.3 is 0 Å². The number of rotatable bonds is 1. The standard InChI is InChI=1S/C14H18N4/c1-5-15-6-2-11(1)13-16-9-14(17-13)10-18-7-3-12(14)4-8-18/h1-2,5-6,12H,3-4,7-10H2,(H,16,17). The van der Waals surface area contributed by atoms with Crippen LogP contribution in [0.1, 0.15) is 18.4 Å². The Labute approximate surface area is 107 Å². The second-order valence-electron chi connectivity index (χ2n) is 5.73. The topological polar surface area (TPSA) is 40.5 Å². The Balaban J connectivity index is 1.59. The molecule has 94 valence electrons. The lowest BCUT2D eigenvalue weighted by Gasteiger charge is -2.51. The van der Waals surface area contributed by atoms with E-state index in [0.29, 0.717) is 0 Å². The molecule has 1 spiro atoms. The van der Waals surface area contributed by atoms with Crippen molar-refractivity contribution in [3.05, 3.63) is 30.1 Å². The molecule has 0 radical (unpaired) electrons. The van der Waals surface area contributed by atoms with Gasteiger partial charge in [0.1, 0.15) is 5.84 Å². The van der Waals surface area contributed by atoms with E-state index in [4.69, 9.17) is 4.99 Å². The van der Waals surface area contributed by atoms with Crippen molar-refractivity contribution in [2.45, 2.75) is 18.4 Å². The number of pyridine rings is 1. The first-order valence-corrected chi connectivity index (χ1v) is 6.81. The lowest BCUT2D eigenvalue weighted by Crippen LogP contribution is -2.66. The molecule has 1 unspecified atom stereocenters. The van der Waals surface area contributed by atoms with Gasteiger partial charge in [-0.05, 0) is 44.0 Å². The van der Waals surface area contributed by atoms with Crippen LogP contribution in [0.4, 0.5) is 0 Å². The molecule has 18 heavy (non-hydrogen) atoms. The SMILES string of the molecule is c1cc(C2=NCC3(CN4CCC3CC4)N2)ccn1. The second-order valence-corrected chi connectivity index (χ2v) is 5.73. The summed E-state index contributed by atoms with van der Waals surface area (Å²) < 4.78 is 0. The Morgan fingerprint density at radius 1 is 1.22 bits per heavy atom. The fraction of sp³-hybridized carbons (Fsp3) is 0.571. The molecule has 4 nitrogen and oxygen atoms in total. The molecular weight excluding hydrogens is 224 g/mol. The number of hydrogen-bond donors (Lipinski definition) is 1. The van der Waals surface area contributed by atoms with E-state index in [1.807, 2.05) is 24.5 Å². The minimum absolute atomic E-state index is 0.217. The van der Waals surface area contributed by atoms with E-state index >= 15 is 0 Å². The smallest absolute Gasteiger partial charge is 0.129 e. The number of nitrogens with one attached hydrogen (secondary N) is 1. The number of aromatic nitrogens is 1. The van der Waals surface area contributed by atoms with Crippen molar-refractivity contribution in [3.8, 4) is 0 Å². The van der Waals surface area contributed by atoms with Crippen molar-refractivity contribution in [3.63, 3.8) is 0 Å². The zero-order valence-corrected chi connectivity index (χ0v) is 10.5. The molecule has 3 fully saturated rings. The highest BCUT2D eigenvalue weighted by Gasteiger charge is 2.49. The monoisotopic (exact) mass is 242 g/mol. The first kappa shape index (κ1) is 10.5. The molecule has 0 saturated carbocycles. The fourth-order valence-electron chi connectivity index (χ4n) is 3.70. The van der Waals surface area contributed by atoms with Gasteiger partial charge < -0.3 is 10.2 Å². The predicted octanol–water partition coefficient (Wildman–Crippen LogP) is 0.896. The average Bonchev–Trinajstić information content (AvgIpc) is 2.85. The number of fused-ring (bicyclic) bond motifs is 2. The van der Waals surface area contributed by atoms with Crippen LogP contribution in [0.15, 0.2) is 29.5 Å². The Morgan fingerprint density at radius 2 is 2.00 bits per heavy atom. The van der Waals surface area contributed by atoms with Gasteiger partial charge in [-0.25, -0.2) is 0 Å². The van der Waals surface area contributed by atoms with Crippen LogP contribution in [0.25, 0.3) is 0 Å². The zero-order valence-electron chi connectivity index (χ0n) is 10.5. The Bertz CT molecular complexity index is 476. The van der Waals surface area contributed by atoms with Crippen LogP contribution < -0.4 is 5.32 Å². The molecular formula is C14H18N4. The van der Waals surface area contributed by atoms with Crippen molar-refractivity contribution >= 4 is 5.84 Å². The van der Waals surface area contributed by atoms with E-state index in [-0.39, 0.29) is 5.54 Å². The van der Waals surface area contributed by atoms with E-state index in [1.54, 1.807) is 0 Å². The Morgan fingerprint density at radius 3 is 2.67 bits per heavy atom. The van der Waals surface area contributed by atoms with Crippen LogP contribution in [0.2, 0.25) is 0 Å². The highest BCUT2D eigenvalue weighted by molar-refractivity contribution is 6.00. The summed E-state index contributed by atoms with van der Waals surface area (Å²) in [4.78, 5) is 11.4. The minimum atomic E-state index is 0.217. The molecule has 1 aromatic rings. The summed E-state index contributed by atoms with van der Waals surface area (Å²) in [5.41, 5.74) is 1.38. The molecule has 3 saturated heterocycles. The highest BCUT2D eigenvalue weighted by Crippen LogP contribution is 2.37. The Hall–Kier alpha value is -1.42. The molecule has 5 heterocycles. The van der Waals surface area contributed by atoms with Crippen LogP contribution >= 0.6 is 0 Å². The van der Waals surface area contributed by atoms with Crippen LogP contribution in [-0.4, -0.2) is 47.4 Å². The van der Waals surface area contributed by atoms with E-state index in [9.17, 15) is 0 Å². The van der Waals surface area contributed by atoms with Crippen LogP contribution in [0.5, 0.6) is 0 Å². The van der Waals surface area contributed by atoms with Crippen molar-refractivity contribution in [1.82, 2.24) is 15.2 Å². The maximum absolute atomic E-state index is 4.75. The lowest BCUT2D eigenvalue weighted by molar-refractivity contribution is 0.0270. The van der Waals surface area contributed by atoms with E-state index in [1.165, 1.54) is 31.5 Å². The molecule has 2 bridgehead atoms. The quantitative estimate of drug-likeness (QED) is 0.795. The van der Waals surface area contributed by atoms with Gasteiger partial charge in [0.25, 0.3) is 0 Å². The highest BCUT2D eigenvalue weighted by atomic mass is 15.3. The molecule has 4 heteroatoms. The third kappa shape index (κ3) is 1.48. The van der Waals surface area contributed by atoms with Gasteiger partial charge in [-0.1, -0.05) is 0 Å². The summed E-state index contributed by atoms with van der Waals surface area (Å²) in [6.45, 7) is 4.65. The molecule has 1 N–H and O–H groups in total. The molecule has 0 amide bonds. The van der Waals surface area contributed by atoms with Crippen molar-refractivity contribution < 1.29 is 0 Å². The molecule has 0 aliphatic carbocycles. The summed E-state index contributed by atoms with van der Waals surface area (Å²) in [6.07, 6.45) is 6.32. The fourth-order valence-corrected chi connectivity index (χ4v) is 3.70. The predicted molar refractivity (Wildman–Crippen MR) is 70.7 cm³/mol. The molecule has 0 aromatic carbocycles. The van der Waals surface area contributed by atoms with Gasteiger partial charge in [0.2, 0.25) is 0 Å². The van der Waals surface area contributed by atoms with Gasteiger partial charge in [0.05, 0.1) is 12.1 Å². The normalized spacial score (nSPS) is 37.7. The molecule has 4 aliphatic heterocycles. The third-order valence-electron chi connectivity index (χ3n) is 4.72. The summed E-state index contributed by atoms with van der Waals surface area (Å²) in [7, 11) is 0. The van der Waals surface area contributed by atoms with Crippen molar-refractivity contribution in [2.75, 3.05) is 26.2 Å². The van der Waals surface area contributed by atoms with E-state index in [0.717, 1.165) is 24.8 Å². The number of amidine groups is 1. The summed E-state index contributed by atoms with van der Waals surface area (Å²) >= 11 is 0. The molecule has 4 aliphatic rings. The Kier molecular flexibility index (Phi) is 2.21. The first-order valence-electron chi connectivity index (χ1n) is 6.81. The molecule has 1 aromatic heterocycles. The van der Waals surface area contributed by atoms with Crippen LogP contribution in [-0.2, 0) is 0 Å². The maximum Gasteiger partial charge on any atom is 0.129 e. The van der Waals surface area contributed by atoms with Gasteiger partial charge in [-0.3, -0.25) is 9.98 Å². The zero-order chi connectivity index (χ0) is 12.0. The summed E-state index contributed by atoms with van der Waals surface area (Å²) in [5.74, 6) is 1.86. The summed E-state index contributed by atoms with van der Waals surface area (Å²) in [5, 5.41) is 3.73.